The van der Waals surface area contributed by atoms with E-state index in [9.17, 15) is 9.59 Å². The minimum absolute atomic E-state index is 0.175. The monoisotopic (exact) mass is 451 g/mol. The molecule has 7 rings (SSSR count). The van der Waals surface area contributed by atoms with Crippen LogP contribution in [0.4, 0.5) is 10.5 Å². The van der Waals surface area contributed by atoms with Crippen LogP contribution in [-0.2, 0) is 11.3 Å². The van der Waals surface area contributed by atoms with Crippen LogP contribution in [0.15, 0.2) is 72.8 Å². The molecule has 172 valence electrons. The molecule has 0 aromatic heterocycles. The number of hydrogen-bond acceptors (Lipinski definition) is 2. The molecule has 1 unspecified atom stereocenters. The Kier molecular flexibility index (Phi) is 5.33. The highest BCUT2D eigenvalue weighted by Gasteiger charge is 2.42. The maximum atomic E-state index is 12.7. The van der Waals surface area contributed by atoms with Gasteiger partial charge in [0, 0.05) is 43.6 Å². The number of carbonyl (C=O) groups is 2. The van der Waals surface area contributed by atoms with Crippen LogP contribution < -0.4 is 10.6 Å². The number of rotatable bonds is 5. The molecule has 0 radical (unpaired) electrons. The van der Waals surface area contributed by atoms with Gasteiger partial charge in [0.1, 0.15) is 0 Å². The van der Waals surface area contributed by atoms with E-state index in [2.05, 4.69) is 59.2 Å². The largest absolute Gasteiger partial charge is 0.338 e. The molecule has 1 saturated heterocycles. The fourth-order valence-electron chi connectivity index (χ4n) is 6.14. The second-order valence-corrected chi connectivity index (χ2v) is 9.73. The molecule has 0 saturated carbocycles. The number of anilines is 1. The molecular weight excluding hydrogens is 422 g/mol. The van der Waals surface area contributed by atoms with Crippen molar-refractivity contribution in [2.45, 2.75) is 37.6 Å². The average Bonchev–Trinajstić information content (AvgIpc) is 3.28. The molecule has 4 aliphatic rings. The van der Waals surface area contributed by atoms with Gasteiger partial charge in [0.2, 0.25) is 5.91 Å². The summed E-state index contributed by atoms with van der Waals surface area (Å²) >= 11 is 0. The maximum absolute atomic E-state index is 12.7. The predicted octanol–water partition coefficient (Wildman–Crippen LogP) is 5.23. The Morgan fingerprint density at radius 1 is 0.882 bits per heavy atom. The standard InChI is InChI=1S/C29H29N3O2/c33-27-10-5-15-32(27)18-19-11-13-21(14-12-19)31-29(34)30-17-20-16-26-22-6-1-3-8-24(22)28(20)25-9-4-2-7-23(25)26/h1-4,6-9,11-14,20,26,28H,5,10,15-18H2,(H2,30,31,34). The van der Waals surface area contributed by atoms with Gasteiger partial charge in [-0.05, 0) is 58.7 Å². The maximum Gasteiger partial charge on any atom is 0.319 e. The lowest BCUT2D eigenvalue weighted by atomic mass is 9.59. The summed E-state index contributed by atoms with van der Waals surface area (Å²) in [6, 6.07) is 25.2. The lowest BCUT2D eigenvalue weighted by Gasteiger charge is -2.45. The van der Waals surface area contributed by atoms with Gasteiger partial charge < -0.3 is 15.5 Å². The SMILES string of the molecule is O=C(NCC1CC2c3ccccc3C1c1ccccc12)Nc1ccc(CN2CCCC2=O)cc1. The third kappa shape index (κ3) is 3.75. The molecule has 2 bridgehead atoms. The van der Waals surface area contributed by atoms with E-state index in [1.165, 1.54) is 22.3 Å². The van der Waals surface area contributed by atoms with Crippen molar-refractivity contribution < 1.29 is 9.59 Å². The Hall–Kier alpha value is -3.60. The first-order valence-electron chi connectivity index (χ1n) is 12.3. The van der Waals surface area contributed by atoms with E-state index >= 15 is 0 Å². The quantitative estimate of drug-likeness (QED) is 0.558. The molecule has 5 heteroatoms. The second-order valence-electron chi connectivity index (χ2n) is 9.73. The number of nitrogens with zero attached hydrogens (tertiary/aromatic N) is 1. The van der Waals surface area contributed by atoms with Crippen molar-refractivity contribution in [3.8, 4) is 0 Å². The highest BCUT2D eigenvalue weighted by atomic mass is 16.2. The number of hydrogen-bond donors (Lipinski definition) is 2. The zero-order chi connectivity index (χ0) is 23.1. The van der Waals surface area contributed by atoms with E-state index in [1.54, 1.807) is 0 Å². The van der Waals surface area contributed by atoms with Gasteiger partial charge in [-0.3, -0.25) is 4.79 Å². The predicted molar refractivity (Wildman–Crippen MR) is 133 cm³/mol. The van der Waals surface area contributed by atoms with Crippen molar-refractivity contribution in [1.29, 1.82) is 0 Å². The second kappa shape index (κ2) is 8.64. The summed E-state index contributed by atoms with van der Waals surface area (Å²) in [5.41, 5.74) is 7.56. The first-order valence-corrected chi connectivity index (χ1v) is 12.3. The molecule has 1 fully saturated rings. The lowest BCUT2D eigenvalue weighted by Crippen LogP contribution is -2.40. The number of nitrogens with one attached hydrogen (secondary N) is 2. The number of fused-ring (bicyclic) bond motifs is 1. The van der Waals surface area contributed by atoms with Gasteiger partial charge in [-0.15, -0.1) is 0 Å². The van der Waals surface area contributed by atoms with Crippen molar-refractivity contribution in [1.82, 2.24) is 10.2 Å². The summed E-state index contributed by atoms with van der Waals surface area (Å²) in [5, 5.41) is 6.09. The number of amides is 3. The van der Waals surface area contributed by atoms with Gasteiger partial charge in [0.15, 0.2) is 0 Å². The van der Waals surface area contributed by atoms with Crippen molar-refractivity contribution in [2.24, 2.45) is 5.92 Å². The van der Waals surface area contributed by atoms with E-state index in [0.29, 0.717) is 37.3 Å². The number of carbonyl (C=O) groups excluding carboxylic acids is 2. The molecule has 0 spiro atoms. The first kappa shape index (κ1) is 21.0. The minimum atomic E-state index is -0.175. The van der Waals surface area contributed by atoms with E-state index in [-0.39, 0.29) is 11.9 Å². The third-order valence-corrected chi connectivity index (χ3v) is 7.70. The lowest BCUT2D eigenvalue weighted by molar-refractivity contribution is -0.128. The summed E-state index contributed by atoms with van der Waals surface area (Å²) in [6.45, 7) is 2.11. The topological polar surface area (TPSA) is 61.4 Å². The third-order valence-electron chi connectivity index (χ3n) is 7.70. The van der Waals surface area contributed by atoms with Gasteiger partial charge in [-0.2, -0.15) is 0 Å². The van der Waals surface area contributed by atoms with Crippen LogP contribution in [0.3, 0.4) is 0 Å². The zero-order valence-electron chi connectivity index (χ0n) is 19.2. The molecule has 1 heterocycles. The van der Waals surface area contributed by atoms with Gasteiger partial charge in [0.05, 0.1) is 0 Å². The van der Waals surface area contributed by atoms with Crippen LogP contribution >= 0.6 is 0 Å². The van der Waals surface area contributed by atoms with Crippen LogP contribution in [0, 0.1) is 5.92 Å². The van der Waals surface area contributed by atoms with Gasteiger partial charge in [0.25, 0.3) is 0 Å². The Morgan fingerprint density at radius 3 is 2.15 bits per heavy atom. The number of benzene rings is 3. The summed E-state index contributed by atoms with van der Waals surface area (Å²) < 4.78 is 0. The molecule has 3 amide bonds. The fraction of sp³-hybridized carbons (Fsp3) is 0.310. The Labute approximate surface area is 200 Å². The van der Waals surface area contributed by atoms with Crippen molar-refractivity contribution in [3.63, 3.8) is 0 Å². The number of urea groups is 1. The molecule has 3 aromatic rings. The van der Waals surface area contributed by atoms with Crippen molar-refractivity contribution >= 4 is 17.6 Å². The van der Waals surface area contributed by atoms with Crippen LogP contribution in [-0.4, -0.2) is 29.9 Å². The Bertz CT molecular complexity index is 1190. The fourth-order valence-corrected chi connectivity index (χ4v) is 6.14. The molecule has 34 heavy (non-hydrogen) atoms. The van der Waals surface area contributed by atoms with Gasteiger partial charge in [-0.1, -0.05) is 60.7 Å². The van der Waals surface area contributed by atoms with Crippen molar-refractivity contribution in [2.75, 3.05) is 18.4 Å². The normalized spacial score (nSPS) is 22.3. The minimum Gasteiger partial charge on any atom is -0.338 e. The van der Waals surface area contributed by atoms with Crippen LogP contribution in [0.1, 0.15) is 58.9 Å². The average molecular weight is 452 g/mol. The summed E-state index contributed by atoms with van der Waals surface area (Å²) in [5.74, 6) is 1.33. The van der Waals surface area contributed by atoms with E-state index in [1.807, 2.05) is 29.2 Å². The molecule has 2 N–H and O–H groups in total. The molecule has 3 aliphatic carbocycles. The van der Waals surface area contributed by atoms with E-state index in [4.69, 9.17) is 0 Å². The van der Waals surface area contributed by atoms with Crippen LogP contribution in [0.25, 0.3) is 0 Å². The summed E-state index contributed by atoms with van der Waals surface area (Å²) in [4.78, 5) is 26.4. The van der Waals surface area contributed by atoms with Crippen LogP contribution in [0.5, 0.6) is 0 Å². The smallest absolute Gasteiger partial charge is 0.319 e. The van der Waals surface area contributed by atoms with Gasteiger partial charge >= 0.3 is 6.03 Å². The highest BCUT2D eigenvalue weighted by Crippen LogP contribution is 2.55. The van der Waals surface area contributed by atoms with E-state index < -0.39 is 0 Å². The Morgan fingerprint density at radius 2 is 1.53 bits per heavy atom. The molecule has 1 atom stereocenters. The zero-order valence-corrected chi connectivity index (χ0v) is 19.2. The first-order chi connectivity index (χ1) is 16.7. The Balaban J connectivity index is 1.10. The summed E-state index contributed by atoms with van der Waals surface area (Å²) in [6.07, 6.45) is 2.65. The molecule has 5 nitrogen and oxygen atoms in total. The van der Waals surface area contributed by atoms with E-state index in [0.717, 1.165) is 30.6 Å². The molecular formula is C29H29N3O2. The number of likely N-dealkylation sites (tertiary alicyclic amines) is 1. The van der Waals surface area contributed by atoms with Gasteiger partial charge in [-0.25, -0.2) is 4.79 Å². The summed E-state index contributed by atoms with van der Waals surface area (Å²) in [7, 11) is 0. The van der Waals surface area contributed by atoms with Crippen LogP contribution in [0.2, 0.25) is 0 Å². The van der Waals surface area contributed by atoms with Crippen molar-refractivity contribution in [3.05, 3.63) is 101 Å². The highest BCUT2D eigenvalue weighted by molar-refractivity contribution is 5.89. The molecule has 3 aromatic carbocycles. The molecule has 1 aliphatic heterocycles.